The first kappa shape index (κ1) is 12.9. The van der Waals surface area contributed by atoms with Crippen LogP contribution in [0.4, 0.5) is 4.39 Å². The number of pyridine rings is 1. The third kappa shape index (κ3) is 2.59. The van der Waals surface area contributed by atoms with Crippen molar-refractivity contribution in [3.05, 3.63) is 59.4 Å². The average molecular weight is 285 g/mol. The van der Waals surface area contributed by atoms with E-state index in [1.165, 1.54) is 23.6 Å². The number of thiazole rings is 1. The predicted octanol–water partition coefficient (Wildman–Crippen LogP) is 3.47. The lowest BCUT2D eigenvalue weighted by Gasteiger charge is -2.00. The monoisotopic (exact) mass is 285 g/mol. The zero-order valence-electron chi connectivity index (χ0n) is 10.6. The lowest BCUT2D eigenvalue weighted by molar-refractivity contribution is 0.622. The van der Waals surface area contributed by atoms with Crippen LogP contribution in [0.5, 0.6) is 0 Å². The Balaban J connectivity index is 1.95. The second-order valence-electron chi connectivity index (χ2n) is 4.30. The summed E-state index contributed by atoms with van der Waals surface area (Å²) in [6, 6.07) is 11.0. The van der Waals surface area contributed by atoms with Crippen LogP contribution in [0.2, 0.25) is 0 Å². The molecular weight excluding hydrogens is 273 g/mol. The highest BCUT2D eigenvalue weighted by Gasteiger charge is 2.08. The number of aromatic nitrogens is 2. The Morgan fingerprint density at radius 3 is 2.80 bits per heavy atom. The SMILES string of the molecule is NCc1cccc(-c2csc(-c3ccc(F)cn3)n2)c1. The highest BCUT2D eigenvalue weighted by Crippen LogP contribution is 2.28. The molecule has 20 heavy (non-hydrogen) atoms. The van der Waals surface area contributed by atoms with E-state index >= 15 is 0 Å². The quantitative estimate of drug-likeness (QED) is 0.801. The molecule has 0 saturated heterocycles. The third-order valence-electron chi connectivity index (χ3n) is 2.91. The molecule has 0 aliphatic heterocycles. The Kier molecular flexibility index (Phi) is 3.54. The highest BCUT2D eigenvalue weighted by molar-refractivity contribution is 7.13. The van der Waals surface area contributed by atoms with Gasteiger partial charge in [0.15, 0.2) is 0 Å². The van der Waals surface area contributed by atoms with Gasteiger partial charge in [0.25, 0.3) is 0 Å². The minimum atomic E-state index is -0.346. The van der Waals surface area contributed by atoms with Gasteiger partial charge < -0.3 is 5.73 Å². The molecule has 0 unspecified atom stereocenters. The van der Waals surface area contributed by atoms with E-state index in [0.29, 0.717) is 12.2 Å². The summed E-state index contributed by atoms with van der Waals surface area (Å²) in [5.74, 6) is -0.346. The number of nitrogens with two attached hydrogens (primary N) is 1. The maximum atomic E-state index is 12.9. The van der Waals surface area contributed by atoms with Gasteiger partial charge >= 0.3 is 0 Å². The van der Waals surface area contributed by atoms with E-state index in [1.807, 2.05) is 29.6 Å². The first-order valence-electron chi connectivity index (χ1n) is 6.13. The maximum absolute atomic E-state index is 12.9. The van der Waals surface area contributed by atoms with Crippen LogP contribution in [0.15, 0.2) is 48.0 Å². The summed E-state index contributed by atoms with van der Waals surface area (Å²) < 4.78 is 12.9. The maximum Gasteiger partial charge on any atom is 0.142 e. The summed E-state index contributed by atoms with van der Waals surface area (Å²) in [5, 5.41) is 2.74. The lowest BCUT2D eigenvalue weighted by atomic mass is 10.1. The van der Waals surface area contributed by atoms with Gasteiger partial charge in [0.1, 0.15) is 10.8 Å². The molecule has 2 aromatic heterocycles. The van der Waals surface area contributed by atoms with Crippen molar-refractivity contribution in [2.45, 2.75) is 6.54 Å². The fraction of sp³-hybridized carbons (Fsp3) is 0.0667. The average Bonchev–Trinajstić information content (AvgIpc) is 2.98. The molecule has 0 bridgehead atoms. The normalized spacial score (nSPS) is 10.7. The molecule has 0 saturated carbocycles. The van der Waals surface area contributed by atoms with Gasteiger partial charge in [-0.2, -0.15) is 0 Å². The molecule has 5 heteroatoms. The van der Waals surface area contributed by atoms with E-state index in [4.69, 9.17) is 5.73 Å². The van der Waals surface area contributed by atoms with Crippen molar-refractivity contribution in [1.82, 2.24) is 9.97 Å². The van der Waals surface area contributed by atoms with Crippen LogP contribution in [0.25, 0.3) is 22.0 Å². The smallest absolute Gasteiger partial charge is 0.142 e. The second-order valence-corrected chi connectivity index (χ2v) is 5.16. The highest BCUT2D eigenvalue weighted by atomic mass is 32.1. The molecule has 3 rings (SSSR count). The molecule has 0 atom stereocenters. The molecule has 0 aliphatic rings. The minimum Gasteiger partial charge on any atom is -0.326 e. The molecule has 0 amide bonds. The topological polar surface area (TPSA) is 51.8 Å². The van der Waals surface area contributed by atoms with E-state index in [0.717, 1.165) is 21.8 Å². The van der Waals surface area contributed by atoms with Crippen molar-refractivity contribution >= 4 is 11.3 Å². The number of benzene rings is 1. The predicted molar refractivity (Wildman–Crippen MR) is 78.6 cm³/mol. The van der Waals surface area contributed by atoms with E-state index in [9.17, 15) is 4.39 Å². The van der Waals surface area contributed by atoms with Gasteiger partial charge in [-0.05, 0) is 23.8 Å². The summed E-state index contributed by atoms with van der Waals surface area (Å²) in [7, 11) is 0. The van der Waals surface area contributed by atoms with Gasteiger partial charge in [0.05, 0.1) is 17.6 Å². The van der Waals surface area contributed by atoms with Gasteiger partial charge in [0.2, 0.25) is 0 Å². The van der Waals surface area contributed by atoms with Crippen molar-refractivity contribution in [1.29, 1.82) is 0 Å². The molecule has 0 spiro atoms. The van der Waals surface area contributed by atoms with E-state index in [2.05, 4.69) is 9.97 Å². The largest absolute Gasteiger partial charge is 0.326 e. The molecule has 0 radical (unpaired) electrons. The Bertz CT molecular complexity index is 722. The number of nitrogens with zero attached hydrogens (tertiary/aromatic N) is 2. The molecule has 2 heterocycles. The Morgan fingerprint density at radius 1 is 1.15 bits per heavy atom. The van der Waals surface area contributed by atoms with Crippen molar-refractivity contribution in [2.75, 3.05) is 0 Å². The Morgan fingerprint density at radius 2 is 2.05 bits per heavy atom. The van der Waals surface area contributed by atoms with Crippen LogP contribution in [0, 0.1) is 5.82 Å². The van der Waals surface area contributed by atoms with Crippen molar-refractivity contribution < 1.29 is 4.39 Å². The summed E-state index contributed by atoms with van der Waals surface area (Å²) in [6.45, 7) is 0.504. The van der Waals surface area contributed by atoms with E-state index in [1.54, 1.807) is 6.07 Å². The van der Waals surface area contributed by atoms with Gasteiger partial charge in [0, 0.05) is 17.5 Å². The first-order valence-corrected chi connectivity index (χ1v) is 7.01. The lowest BCUT2D eigenvalue weighted by Crippen LogP contribution is -1.95. The van der Waals surface area contributed by atoms with Crippen molar-refractivity contribution in [2.24, 2.45) is 5.73 Å². The molecule has 0 fully saturated rings. The van der Waals surface area contributed by atoms with Crippen LogP contribution in [0.3, 0.4) is 0 Å². The van der Waals surface area contributed by atoms with Crippen molar-refractivity contribution in [3.63, 3.8) is 0 Å². The molecule has 2 N–H and O–H groups in total. The standard InChI is InChI=1S/C15H12FN3S/c16-12-4-5-13(18-8-12)15-19-14(9-20-15)11-3-1-2-10(6-11)7-17/h1-6,8-9H,7,17H2. The van der Waals surface area contributed by atoms with Crippen LogP contribution < -0.4 is 5.73 Å². The summed E-state index contributed by atoms with van der Waals surface area (Å²) in [6.07, 6.45) is 1.20. The molecule has 3 nitrogen and oxygen atoms in total. The molecule has 100 valence electrons. The third-order valence-corrected chi connectivity index (χ3v) is 3.77. The van der Waals surface area contributed by atoms with Gasteiger partial charge in [-0.3, -0.25) is 4.98 Å². The summed E-state index contributed by atoms with van der Waals surface area (Å²) in [4.78, 5) is 8.59. The molecular formula is C15H12FN3S. The van der Waals surface area contributed by atoms with Crippen LogP contribution >= 0.6 is 11.3 Å². The second kappa shape index (κ2) is 5.48. The fourth-order valence-corrected chi connectivity index (χ4v) is 2.69. The molecule has 3 aromatic rings. The number of halogens is 1. The minimum absolute atomic E-state index is 0.346. The zero-order valence-corrected chi connectivity index (χ0v) is 11.4. The van der Waals surface area contributed by atoms with Crippen LogP contribution in [-0.2, 0) is 6.54 Å². The summed E-state index contributed by atoms with van der Waals surface area (Å²) in [5.41, 5.74) is 9.30. The fourth-order valence-electron chi connectivity index (χ4n) is 1.88. The first-order chi connectivity index (χ1) is 9.76. The summed E-state index contributed by atoms with van der Waals surface area (Å²) >= 11 is 1.49. The van der Waals surface area contributed by atoms with Gasteiger partial charge in [-0.15, -0.1) is 11.3 Å². The zero-order chi connectivity index (χ0) is 13.9. The molecule has 1 aromatic carbocycles. The number of hydrogen-bond donors (Lipinski definition) is 1. The molecule has 0 aliphatic carbocycles. The van der Waals surface area contributed by atoms with E-state index < -0.39 is 0 Å². The van der Waals surface area contributed by atoms with Crippen molar-refractivity contribution in [3.8, 4) is 22.0 Å². The Hall–Kier alpha value is -2.11. The van der Waals surface area contributed by atoms with Crippen LogP contribution in [-0.4, -0.2) is 9.97 Å². The number of rotatable bonds is 3. The van der Waals surface area contributed by atoms with E-state index in [-0.39, 0.29) is 5.82 Å². The van der Waals surface area contributed by atoms with Gasteiger partial charge in [-0.25, -0.2) is 9.37 Å². The van der Waals surface area contributed by atoms with Crippen LogP contribution in [0.1, 0.15) is 5.56 Å². The number of hydrogen-bond acceptors (Lipinski definition) is 4. The Labute approximate surface area is 119 Å². The van der Waals surface area contributed by atoms with Gasteiger partial charge in [-0.1, -0.05) is 18.2 Å².